The molecular weight excluding hydrogens is 330 g/mol. The number of aldehydes is 1. The molecule has 7 heteroatoms. The van der Waals surface area contributed by atoms with Crippen molar-refractivity contribution in [3.8, 4) is 0 Å². The summed E-state index contributed by atoms with van der Waals surface area (Å²) in [5.74, 6) is 0.121. The molecule has 7 nitrogen and oxygen atoms in total. The molecule has 3 aromatic rings. The summed E-state index contributed by atoms with van der Waals surface area (Å²) in [6.45, 7) is 1.87. The van der Waals surface area contributed by atoms with E-state index in [0.717, 1.165) is 41.3 Å². The zero-order valence-electron chi connectivity index (χ0n) is 14.3. The van der Waals surface area contributed by atoms with Crippen LogP contribution in [0.2, 0.25) is 0 Å². The predicted octanol–water partition coefficient (Wildman–Crippen LogP) is 2.28. The van der Waals surface area contributed by atoms with Gasteiger partial charge < -0.3 is 9.88 Å². The lowest BCUT2D eigenvalue weighted by Crippen LogP contribution is -2.35. The minimum absolute atomic E-state index is 0.121. The van der Waals surface area contributed by atoms with Crippen molar-refractivity contribution in [1.82, 2.24) is 24.9 Å². The maximum atomic E-state index is 12.5. The van der Waals surface area contributed by atoms with Gasteiger partial charge in [0.2, 0.25) is 5.91 Å². The number of amides is 1. The van der Waals surface area contributed by atoms with Gasteiger partial charge in [-0.3, -0.25) is 14.3 Å². The molecule has 0 saturated carbocycles. The van der Waals surface area contributed by atoms with E-state index in [9.17, 15) is 9.59 Å². The van der Waals surface area contributed by atoms with Crippen molar-refractivity contribution < 1.29 is 9.59 Å². The summed E-state index contributed by atoms with van der Waals surface area (Å²) >= 11 is 0. The number of aromatic nitrogens is 4. The summed E-state index contributed by atoms with van der Waals surface area (Å²) in [5, 5.41) is 8.65. The number of carbonyl (C=O) groups excluding carboxylic acids is 2. The first-order valence-corrected chi connectivity index (χ1v) is 8.62. The van der Waals surface area contributed by atoms with Gasteiger partial charge in [0.25, 0.3) is 0 Å². The largest absolute Gasteiger partial charge is 0.352 e. The number of rotatable bonds is 5. The summed E-state index contributed by atoms with van der Waals surface area (Å²) in [5.41, 5.74) is 3.71. The molecule has 3 heterocycles. The molecule has 4 rings (SSSR count). The lowest BCUT2D eigenvalue weighted by Gasteiger charge is -2.27. The average molecular weight is 349 g/mol. The second-order valence-electron chi connectivity index (χ2n) is 6.39. The number of carbonyl (C=O) groups is 2. The number of fused-ring (bicyclic) bond motifs is 1. The van der Waals surface area contributed by atoms with Gasteiger partial charge in [0.05, 0.1) is 18.4 Å². The van der Waals surface area contributed by atoms with Crippen LogP contribution in [0.1, 0.15) is 28.9 Å². The second-order valence-corrected chi connectivity index (χ2v) is 6.39. The van der Waals surface area contributed by atoms with Crippen LogP contribution in [0.5, 0.6) is 0 Å². The number of hydrogen-bond acceptors (Lipinski definition) is 4. The van der Waals surface area contributed by atoms with E-state index >= 15 is 0 Å². The van der Waals surface area contributed by atoms with Gasteiger partial charge in [-0.25, -0.2) is 0 Å². The number of nitrogens with zero attached hydrogens (tertiary/aromatic N) is 4. The summed E-state index contributed by atoms with van der Waals surface area (Å²) in [4.78, 5) is 28.4. The summed E-state index contributed by atoms with van der Waals surface area (Å²) < 4.78 is 1.67. The Hall–Kier alpha value is -3.22. The van der Waals surface area contributed by atoms with Gasteiger partial charge in [-0.2, -0.15) is 0 Å². The van der Waals surface area contributed by atoms with Gasteiger partial charge in [-0.05, 0) is 29.7 Å². The van der Waals surface area contributed by atoms with Crippen LogP contribution in [0.3, 0.4) is 0 Å². The third-order valence-corrected chi connectivity index (χ3v) is 4.67. The first kappa shape index (κ1) is 16.3. The van der Waals surface area contributed by atoms with Crippen LogP contribution >= 0.6 is 0 Å². The van der Waals surface area contributed by atoms with Gasteiger partial charge in [0.1, 0.15) is 0 Å². The molecule has 0 bridgehead atoms. The molecule has 26 heavy (non-hydrogen) atoms. The van der Waals surface area contributed by atoms with E-state index in [1.807, 2.05) is 29.2 Å². The SMILES string of the molecule is O=Cc1cc2ccc(C3=CCCN(C(=O)CCn4ccnn4)C3)cc2[nH]1. The quantitative estimate of drug-likeness (QED) is 0.716. The van der Waals surface area contributed by atoms with Crippen molar-refractivity contribution in [2.45, 2.75) is 19.4 Å². The summed E-state index contributed by atoms with van der Waals surface area (Å²) in [7, 11) is 0. The number of hydrogen-bond donors (Lipinski definition) is 1. The van der Waals surface area contributed by atoms with Crippen LogP contribution < -0.4 is 0 Å². The Morgan fingerprint density at radius 2 is 2.23 bits per heavy atom. The molecular formula is C19H19N5O2. The predicted molar refractivity (Wildman–Crippen MR) is 97.5 cm³/mol. The highest BCUT2D eigenvalue weighted by Crippen LogP contribution is 2.25. The molecule has 0 spiro atoms. The molecule has 1 N–H and O–H groups in total. The van der Waals surface area contributed by atoms with Crippen molar-refractivity contribution in [2.75, 3.05) is 13.1 Å². The van der Waals surface area contributed by atoms with Gasteiger partial charge in [-0.15, -0.1) is 5.10 Å². The molecule has 0 radical (unpaired) electrons. The molecule has 0 saturated heterocycles. The second kappa shape index (κ2) is 6.95. The standard InChI is InChI=1S/C19H19N5O2/c25-13-17-10-15-4-3-14(11-18(15)21-17)16-2-1-7-23(12-16)19(26)5-8-24-9-6-20-22-24/h2-4,6,9-11,13,21H,1,5,7-8,12H2. The summed E-state index contributed by atoms with van der Waals surface area (Å²) in [6.07, 6.45) is 7.62. The monoisotopic (exact) mass is 349 g/mol. The Labute approximate surface area is 150 Å². The maximum absolute atomic E-state index is 12.5. The van der Waals surface area contributed by atoms with Crippen molar-refractivity contribution in [3.05, 3.63) is 54.0 Å². The number of aromatic amines is 1. The maximum Gasteiger partial charge on any atom is 0.224 e. The van der Waals surface area contributed by atoms with Gasteiger partial charge in [-0.1, -0.05) is 23.4 Å². The zero-order chi connectivity index (χ0) is 17.9. The Balaban J connectivity index is 1.46. The Kier molecular flexibility index (Phi) is 4.35. The van der Waals surface area contributed by atoms with E-state index in [1.54, 1.807) is 17.1 Å². The molecule has 0 fully saturated rings. The Bertz CT molecular complexity index is 971. The molecule has 1 aliphatic heterocycles. The Morgan fingerprint density at radius 3 is 3.04 bits per heavy atom. The number of aryl methyl sites for hydroxylation is 1. The fourth-order valence-corrected chi connectivity index (χ4v) is 3.30. The molecule has 2 aromatic heterocycles. The zero-order valence-corrected chi connectivity index (χ0v) is 14.3. The molecule has 0 atom stereocenters. The Morgan fingerprint density at radius 1 is 1.31 bits per heavy atom. The normalized spacial score (nSPS) is 14.5. The van der Waals surface area contributed by atoms with Gasteiger partial charge >= 0.3 is 0 Å². The minimum Gasteiger partial charge on any atom is -0.352 e. The minimum atomic E-state index is 0.121. The molecule has 0 unspecified atom stereocenters. The van der Waals surface area contributed by atoms with Crippen LogP contribution in [0, 0.1) is 0 Å². The third-order valence-electron chi connectivity index (χ3n) is 4.67. The third kappa shape index (κ3) is 3.28. The van der Waals surface area contributed by atoms with Crippen LogP contribution in [0.25, 0.3) is 16.5 Å². The van der Waals surface area contributed by atoms with E-state index in [2.05, 4.69) is 21.4 Å². The molecule has 1 aromatic carbocycles. The lowest BCUT2D eigenvalue weighted by molar-refractivity contribution is -0.131. The lowest BCUT2D eigenvalue weighted by atomic mass is 10.00. The number of nitrogens with one attached hydrogen (secondary N) is 1. The van der Waals surface area contributed by atoms with Gasteiger partial charge in [0, 0.05) is 36.6 Å². The first-order valence-electron chi connectivity index (χ1n) is 8.62. The van der Waals surface area contributed by atoms with E-state index in [-0.39, 0.29) is 5.91 Å². The fourth-order valence-electron chi connectivity index (χ4n) is 3.30. The van der Waals surface area contributed by atoms with Crippen LogP contribution in [0.15, 0.2) is 42.7 Å². The smallest absolute Gasteiger partial charge is 0.224 e. The average Bonchev–Trinajstić information content (AvgIpc) is 3.34. The van der Waals surface area contributed by atoms with Crippen molar-refractivity contribution in [3.63, 3.8) is 0 Å². The molecule has 132 valence electrons. The first-order chi connectivity index (χ1) is 12.7. The van der Waals surface area contributed by atoms with E-state index in [0.29, 0.717) is 25.2 Å². The summed E-state index contributed by atoms with van der Waals surface area (Å²) in [6, 6.07) is 7.92. The van der Waals surface area contributed by atoms with Crippen molar-refractivity contribution in [1.29, 1.82) is 0 Å². The van der Waals surface area contributed by atoms with Crippen molar-refractivity contribution >= 4 is 28.7 Å². The van der Waals surface area contributed by atoms with Crippen LogP contribution in [-0.4, -0.2) is 50.2 Å². The van der Waals surface area contributed by atoms with Crippen molar-refractivity contribution in [2.24, 2.45) is 0 Å². The fraction of sp³-hybridized carbons (Fsp3) is 0.263. The van der Waals surface area contributed by atoms with Crippen LogP contribution in [0.4, 0.5) is 0 Å². The highest BCUT2D eigenvalue weighted by molar-refractivity contribution is 5.90. The van der Waals surface area contributed by atoms with Gasteiger partial charge in [0.15, 0.2) is 6.29 Å². The molecule has 1 amide bonds. The number of H-pyrrole nitrogens is 1. The van der Waals surface area contributed by atoms with E-state index in [4.69, 9.17) is 0 Å². The molecule has 1 aliphatic rings. The highest BCUT2D eigenvalue weighted by Gasteiger charge is 2.19. The molecule has 0 aliphatic carbocycles. The van der Waals surface area contributed by atoms with E-state index in [1.165, 1.54) is 0 Å². The number of benzene rings is 1. The highest BCUT2D eigenvalue weighted by atomic mass is 16.2. The van der Waals surface area contributed by atoms with E-state index < -0.39 is 0 Å². The van der Waals surface area contributed by atoms with Crippen LogP contribution in [-0.2, 0) is 11.3 Å². The topological polar surface area (TPSA) is 83.9 Å².